The van der Waals surface area contributed by atoms with E-state index >= 15 is 0 Å². The van der Waals surface area contributed by atoms with Crippen LogP contribution in [0.2, 0.25) is 0 Å². The van der Waals surface area contributed by atoms with E-state index in [0.29, 0.717) is 19.0 Å². The van der Waals surface area contributed by atoms with Gasteiger partial charge in [-0.3, -0.25) is 4.79 Å². The van der Waals surface area contributed by atoms with E-state index in [9.17, 15) is 4.79 Å². The number of carbonyl (C=O) groups excluding carboxylic acids is 1. The van der Waals surface area contributed by atoms with Crippen LogP contribution >= 0.6 is 24.0 Å². The number of halogens is 1. The average Bonchev–Trinajstić information content (AvgIpc) is 2.64. The Kier molecular flexibility index (Phi) is 10.4. The summed E-state index contributed by atoms with van der Waals surface area (Å²) < 4.78 is 0. The summed E-state index contributed by atoms with van der Waals surface area (Å²) in [5, 5.41) is 9.11. The van der Waals surface area contributed by atoms with Gasteiger partial charge in [-0.2, -0.15) is 0 Å². The lowest BCUT2D eigenvalue weighted by Crippen LogP contribution is -2.43. The summed E-state index contributed by atoms with van der Waals surface area (Å²) in [6.07, 6.45) is 0. The number of hydrogen-bond acceptors (Lipinski definition) is 2. The van der Waals surface area contributed by atoms with Crippen LogP contribution in [0.5, 0.6) is 0 Å². The van der Waals surface area contributed by atoms with Crippen molar-refractivity contribution < 1.29 is 4.79 Å². The van der Waals surface area contributed by atoms with Gasteiger partial charge in [0.25, 0.3) is 0 Å². The minimum Gasteiger partial charge on any atom is -0.357 e. The number of rotatable bonds is 7. The number of guanidine groups is 1. The Morgan fingerprint density at radius 1 is 0.923 bits per heavy atom. The lowest BCUT2D eigenvalue weighted by atomic mass is 10.1. The Hall–Kier alpha value is -2.09. The Morgan fingerprint density at radius 2 is 1.62 bits per heavy atom. The van der Waals surface area contributed by atoms with Gasteiger partial charge in [-0.05, 0) is 25.0 Å². The smallest absolute Gasteiger partial charge is 0.239 e. The van der Waals surface area contributed by atoms with Crippen molar-refractivity contribution in [1.29, 1.82) is 0 Å². The standard InChI is InChI=1S/C20H26N4O.HI/c1-3-21-20(23-14-18-11-9-16(2)10-12-18)24-15-19(25)22-13-17-7-5-4-6-8-17;/h4-12H,3,13-15H2,1-2H3,(H,22,25)(H2,21,23,24);1H. The van der Waals surface area contributed by atoms with Gasteiger partial charge in [0, 0.05) is 13.1 Å². The largest absolute Gasteiger partial charge is 0.357 e. The third-order valence-electron chi connectivity index (χ3n) is 3.63. The molecule has 2 aromatic rings. The SMILES string of the molecule is CCNC(=NCc1ccc(C)cc1)NCC(=O)NCc1ccccc1.I. The third-order valence-corrected chi connectivity index (χ3v) is 3.63. The Bertz CT molecular complexity index is 687. The molecule has 0 atom stereocenters. The van der Waals surface area contributed by atoms with Crippen molar-refractivity contribution in [1.82, 2.24) is 16.0 Å². The molecule has 26 heavy (non-hydrogen) atoms. The van der Waals surface area contributed by atoms with Crippen LogP contribution in [-0.2, 0) is 17.9 Å². The molecular weight excluding hydrogens is 439 g/mol. The second kappa shape index (κ2) is 12.3. The fourth-order valence-electron chi connectivity index (χ4n) is 2.23. The maximum Gasteiger partial charge on any atom is 0.239 e. The van der Waals surface area contributed by atoms with Gasteiger partial charge >= 0.3 is 0 Å². The number of aryl methyl sites for hydroxylation is 1. The van der Waals surface area contributed by atoms with Crippen molar-refractivity contribution >= 4 is 35.8 Å². The zero-order chi connectivity index (χ0) is 17.9. The first-order valence-corrected chi connectivity index (χ1v) is 8.55. The van der Waals surface area contributed by atoms with Crippen LogP contribution in [-0.4, -0.2) is 25.0 Å². The van der Waals surface area contributed by atoms with Gasteiger partial charge in [0.2, 0.25) is 5.91 Å². The highest BCUT2D eigenvalue weighted by molar-refractivity contribution is 14.0. The van der Waals surface area contributed by atoms with Crippen molar-refractivity contribution in [2.24, 2.45) is 4.99 Å². The zero-order valence-corrected chi connectivity index (χ0v) is 17.6. The highest BCUT2D eigenvalue weighted by atomic mass is 127. The van der Waals surface area contributed by atoms with E-state index in [1.165, 1.54) is 5.56 Å². The molecule has 0 spiro atoms. The number of amides is 1. The Labute approximate surface area is 172 Å². The quantitative estimate of drug-likeness (QED) is 0.334. The first-order valence-electron chi connectivity index (χ1n) is 8.55. The molecule has 0 aliphatic heterocycles. The van der Waals surface area contributed by atoms with E-state index in [1.54, 1.807) is 0 Å². The van der Waals surface area contributed by atoms with Crippen molar-refractivity contribution in [3.8, 4) is 0 Å². The maximum absolute atomic E-state index is 12.0. The topological polar surface area (TPSA) is 65.5 Å². The van der Waals surface area contributed by atoms with Gasteiger partial charge in [-0.1, -0.05) is 60.2 Å². The van der Waals surface area contributed by atoms with Gasteiger partial charge in [0.05, 0.1) is 13.1 Å². The van der Waals surface area contributed by atoms with Gasteiger partial charge in [-0.15, -0.1) is 24.0 Å². The molecular formula is C20H27IN4O. The first-order chi connectivity index (χ1) is 12.2. The summed E-state index contributed by atoms with van der Waals surface area (Å²) in [6.45, 7) is 6.09. The molecule has 0 radical (unpaired) electrons. The van der Waals surface area contributed by atoms with Crippen molar-refractivity contribution in [2.75, 3.05) is 13.1 Å². The summed E-state index contributed by atoms with van der Waals surface area (Å²) >= 11 is 0. The van der Waals surface area contributed by atoms with E-state index < -0.39 is 0 Å². The highest BCUT2D eigenvalue weighted by Crippen LogP contribution is 2.04. The Morgan fingerprint density at radius 3 is 2.27 bits per heavy atom. The number of carbonyl (C=O) groups is 1. The molecule has 0 fully saturated rings. The lowest BCUT2D eigenvalue weighted by Gasteiger charge is -2.11. The second-order valence-electron chi connectivity index (χ2n) is 5.80. The van der Waals surface area contributed by atoms with Gasteiger partial charge in [0.1, 0.15) is 0 Å². The van der Waals surface area contributed by atoms with Crippen LogP contribution in [0.1, 0.15) is 23.6 Å². The molecule has 0 aromatic heterocycles. The van der Waals surface area contributed by atoms with E-state index in [0.717, 1.165) is 17.7 Å². The van der Waals surface area contributed by atoms with Gasteiger partial charge in [0.15, 0.2) is 5.96 Å². The fraction of sp³-hybridized carbons (Fsp3) is 0.300. The van der Waals surface area contributed by atoms with E-state index in [2.05, 4.69) is 52.1 Å². The molecule has 6 heteroatoms. The maximum atomic E-state index is 12.0. The minimum absolute atomic E-state index is 0. The fourth-order valence-corrected chi connectivity index (χ4v) is 2.23. The molecule has 0 heterocycles. The monoisotopic (exact) mass is 466 g/mol. The average molecular weight is 466 g/mol. The van der Waals surface area contributed by atoms with Gasteiger partial charge < -0.3 is 16.0 Å². The molecule has 0 saturated carbocycles. The molecule has 0 saturated heterocycles. The summed E-state index contributed by atoms with van der Waals surface area (Å²) in [5.41, 5.74) is 3.44. The first kappa shape index (κ1) is 22.0. The van der Waals surface area contributed by atoms with Crippen LogP contribution in [0.25, 0.3) is 0 Å². The summed E-state index contributed by atoms with van der Waals surface area (Å²) in [5.74, 6) is 0.572. The summed E-state index contributed by atoms with van der Waals surface area (Å²) in [6, 6.07) is 18.1. The van der Waals surface area contributed by atoms with Gasteiger partial charge in [-0.25, -0.2) is 4.99 Å². The molecule has 0 unspecified atom stereocenters. The molecule has 0 aliphatic carbocycles. The zero-order valence-electron chi connectivity index (χ0n) is 15.3. The van der Waals surface area contributed by atoms with E-state index in [4.69, 9.17) is 0 Å². The van der Waals surface area contributed by atoms with E-state index in [-0.39, 0.29) is 36.4 Å². The van der Waals surface area contributed by atoms with Crippen molar-refractivity contribution in [3.63, 3.8) is 0 Å². The molecule has 1 amide bonds. The van der Waals surface area contributed by atoms with Crippen LogP contribution in [0.3, 0.4) is 0 Å². The van der Waals surface area contributed by atoms with Crippen LogP contribution in [0, 0.1) is 6.92 Å². The lowest BCUT2D eigenvalue weighted by molar-refractivity contribution is -0.120. The predicted octanol–water partition coefficient (Wildman–Crippen LogP) is 2.98. The molecule has 3 N–H and O–H groups in total. The molecule has 2 aromatic carbocycles. The van der Waals surface area contributed by atoms with Crippen LogP contribution < -0.4 is 16.0 Å². The molecule has 0 aliphatic rings. The molecule has 5 nitrogen and oxygen atoms in total. The Balaban J connectivity index is 0.00000338. The summed E-state index contributed by atoms with van der Waals surface area (Å²) in [7, 11) is 0. The number of aliphatic imine (C=N–C) groups is 1. The number of nitrogens with zero attached hydrogens (tertiary/aromatic N) is 1. The number of benzene rings is 2. The highest BCUT2D eigenvalue weighted by Gasteiger charge is 2.03. The van der Waals surface area contributed by atoms with Crippen LogP contribution in [0.15, 0.2) is 59.6 Å². The molecule has 140 valence electrons. The van der Waals surface area contributed by atoms with Crippen molar-refractivity contribution in [2.45, 2.75) is 26.9 Å². The molecule has 2 rings (SSSR count). The third kappa shape index (κ3) is 8.33. The molecule has 0 bridgehead atoms. The number of hydrogen-bond donors (Lipinski definition) is 3. The summed E-state index contributed by atoms with van der Waals surface area (Å²) in [4.78, 5) is 16.5. The normalized spacial score (nSPS) is 10.6. The second-order valence-corrected chi connectivity index (χ2v) is 5.80. The van der Waals surface area contributed by atoms with E-state index in [1.807, 2.05) is 37.3 Å². The predicted molar refractivity (Wildman–Crippen MR) is 118 cm³/mol. The minimum atomic E-state index is -0.0650. The van der Waals surface area contributed by atoms with Crippen LogP contribution in [0.4, 0.5) is 0 Å². The van der Waals surface area contributed by atoms with Crippen molar-refractivity contribution in [3.05, 3.63) is 71.3 Å². The number of nitrogens with one attached hydrogen (secondary N) is 3.